The molecule has 0 fully saturated rings. The van der Waals surface area contributed by atoms with Gasteiger partial charge in [-0.05, 0) is 42.2 Å². The Morgan fingerprint density at radius 2 is 2.06 bits per heavy atom. The Bertz CT molecular complexity index is 339. The molecule has 0 saturated heterocycles. The molecule has 16 heavy (non-hydrogen) atoms. The van der Waals surface area contributed by atoms with Gasteiger partial charge in [-0.3, -0.25) is 4.79 Å². The molecule has 0 aliphatic rings. The molecule has 0 aliphatic carbocycles. The highest BCUT2D eigenvalue weighted by molar-refractivity contribution is 9.10. The first kappa shape index (κ1) is 13.6. The van der Waals surface area contributed by atoms with Crippen LogP contribution in [0.2, 0.25) is 0 Å². The molecule has 88 valence electrons. The van der Waals surface area contributed by atoms with Crippen LogP contribution in [0.5, 0.6) is 0 Å². The predicted molar refractivity (Wildman–Crippen MR) is 74.0 cm³/mol. The second-order valence-corrected chi connectivity index (χ2v) is 5.60. The van der Waals surface area contributed by atoms with Crippen LogP contribution in [-0.2, 0) is 0 Å². The summed E-state index contributed by atoms with van der Waals surface area (Å²) in [7, 11) is 0. The summed E-state index contributed by atoms with van der Waals surface area (Å²) in [5, 5.41) is 2.94. The monoisotopic (exact) mass is 301 g/mol. The van der Waals surface area contributed by atoms with E-state index in [4.69, 9.17) is 0 Å². The smallest absolute Gasteiger partial charge is 0.251 e. The average molecular weight is 302 g/mol. The molecule has 0 saturated carbocycles. The molecule has 0 radical (unpaired) electrons. The number of carbonyl (C=O) groups excluding carboxylic acids is 1. The fourth-order valence-corrected chi connectivity index (χ4v) is 2.26. The predicted octanol–water partition coefficient (Wildman–Crippen LogP) is 3.18. The van der Waals surface area contributed by atoms with Gasteiger partial charge in [0.15, 0.2) is 0 Å². The molecular weight excluding hydrogens is 286 g/mol. The van der Waals surface area contributed by atoms with Crippen molar-refractivity contribution < 1.29 is 4.79 Å². The first-order valence-electron chi connectivity index (χ1n) is 5.16. The summed E-state index contributed by atoms with van der Waals surface area (Å²) in [5.74, 6) is 1.58. The lowest BCUT2D eigenvalue weighted by Crippen LogP contribution is -2.29. The van der Waals surface area contributed by atoms with Gasteiger partial charge in [-0.2, -0.15) is 11.8 Å². The number of hydrogen-bond acceptors (Lipinski definition) is 2. The molecule has 2 nitrogen and oxygen atoms in total. The van der Waals surface area contributed by atoms with E-state index in [2.05, 4.69) is 34.4 Å². The number of benzene rings is 1. The third-order valence-corrected chi connectivity index (χ3v) is 3.60. The van der Waals surface area contributed by atoms with Gasteiger partial charge < -0.3 is 5.32 Å². The number of carbonyl (C=O) groups is 1. The van der Waals surface area contributed by atoms with Crippen molar-refractivity contribution in [3.8, 4) is 0 Å². The lowest BCUT2D eigenvalue weighted by molar-refractivity contribution is 0.0949. The summed E-state index contributed by atoms with van der Waals surface area (Å²) in [6.45, 7) is 2.87. The van der Waals surface area contributed by atoms with E-state index in [1.54, 1.807) is 11.8 Å². The summed E-state index contributed by atoms with van der Waals surface area (Å²) in [5.41, 5.74) is 0.708. The summed E-state index contributed by atoms with van der Waals surface area (Å²) < 4.78 is 0.986. The van der Waals surface area contributed by atoms with Gasteiger partial charge in [-0.1, -0.05) is 22.9 Å². The zero-order valence-corrected chi connectivity index (χ0v) is 11.9. The Balaban J connectivity index is 2.43. The minimum atomic E-state index is 0.000420. The van der Waals surface area contributed by atoms with Gasteiger partial charge in [0.05, 0.1) is 0 Å². The highest BCUT2D eigenvalue weighted by Gasteiger charge is 2.07. The van der Waals surface area contributed by atoms with Crippen molar-refractivity contribution in [2.45, 2.75) is 6.92 Å². The molecule has 1 rings (SSSR count). The van der Waals surface area contributed by atoms with Crippen LogP contribution >= 0.6 is 27.7 Å². The zero-order chi connectivity index (χ0) is 12.0. The lowest BCUT2D eigenvalue weighted by atomic mass is 10.2. The highest BCUT2D eigenvalue weighted by Crippen LogP contribution is 2.10. The van der Waals surface area contributed by atoms with Gasteiger partial charge in [0, 0.05) is 16.6 Å². The van der Waals surface area contributed by atoms with Gasteiger partial charge in [0.2, 0.25) is 0 Å². The Hall–Kier alpha value is -0.480. The third kappa shape index (κ3) is 4.58. The van der Waals surface area contributed by atoms with Gasteiger partial charge in [-0.25, -0.2) is 0 Å². The van der Waals surface area contributed by atoms with E-state index in [1.807, 2.05) is 24.3 Å². The van der Waals surface area contributed by atoms with Crippen LogP contribution in [0, 0.1) is 5.92 Å². The second kappa shape index (κ2) is 6.97. The SMILES string of the molecule is CSCC(C)CNC(=O)c1ccc(Br)cc1. The molecule has 0 heterocycles. The molecule has 4 heteroatoms. The highest BCUT2D eigenvalue weighted by atomic mass is 79.9. The minimum absolute atomic E-state index is 0.000420. The maximum absolute atomic E-state index is 11.7. The Kier molecular flexibility index (Phi) is 5.91. The quantitative estimate of drug-likeness (QED) is 0.905. The number of nitrogens with one attached hydrogen (secondary N) is 1. The van der Waals surface area contributed by atoms with Crippen molar-refractivity contribution in [2.24, 2.45) is 5.92 Å². The Labute approximate surface area is 109 Å². The standard InChI is InChI=1S/C12H16BrNOS/c1-9(8-16-2)7-14-12(15)10-3-5-11(13)6-4-10/h3-6,9H,7-8H2,1-2H3,(H,14,15). The van der Waals surface area contributed by atoms with Crippen molar-refractivity contribution in [3.63, 3.8) is 0 Å². The van der Waals surface area contributed by atoms with Crippen LogP contribution in [0.4, 0.5) is 0 Å². The molecule has 1 aromatic carbocycles. The topological polar surface area (TPSA) is 29.1 Å². The largest absolute Gasteiger partial charge is 0.352 e. The molecule has 1 amide bonds. The summed E-state index contributed by atoms with van der Waals surface area (Å²) >= 11 is 5.14. The van der Waals surface area contributed by atoms with E-state index in [0.717, 1.165) is 16.8 Å². The van der Waals surface area contributed by atoms with E-state index in [-0.39, 0.29) is 5.91 Å². The molecule has 1 N–H and O–H groups in total. The van der Waals surface area contributed by atoms with E-state index in [1.165, 1.54) is 0 Å². The molecule has 1 atom stereocenters. The number of hydrogen-bond donors (Lipinski definition) is 1. The van der Waals surface area contributed by atoms with Gasteiger partial charge in [0.25, 0.3) is 5.91 Å². The average Bonchev–Trinajstić information content (AvgIpc) is 2.27. The van der Waals surface area contributed by atoms with Crippen molar-refractivity contribution in [3.05, 3.63) is 34.3 Å². The van der Waals surface area contributed by atoms with Gasteiger partial charge >= 0.3 is 0 Å². The Morgan fingerprint density at radius 3 is 2.62 bits per heavy atom. The van der Waals surface area contributed by atoms with Crippen molar-refractivity contribution >= 4 is 33.6 Å². The fraction of sp³-hybridized carbons (Fsp3) is 0.417. The first-order valence-corrected chi connectivity index (χ1v) is 7.35. The maximum Gasteiger partial charge on any atom is 0.251 e. The van der Waals surface area contributed by atoms with Crippen LogP contribution in [0.15, 0.2) is 28.7 Å². The summed E-state index contributed by atoms with van der Waals surface area (Å²) in [6.07, 6.45) is 2.08. The minimum Gasteiger partial charge on any atom is -0.352 e. The van der Waals surface area contributed by atoms with E-state index in [9.17, 15) is 4.79 Å². The van der Waals surface area contributed by atoms with Crippen LogP contribution in [0.25, 0.3) is 0 Å². The molecule has 0 aromatic heterocycles. The van der Waals surface area contributed by atoms with E-state index in [0.29, 0.717) is 11.5 Å². The van der Waals surface area contributed by atoms with E-state index >= 15 is 0 Å². The van der Waals surface area contributed by atoms with Gasteiger partial charge in [-0.15, -0.1) is 0 Å². The maximum atomic E-state index is 11.7. The van der Waals surface area contributed by atoms with Crippen molar-refractivity contribution in [1.82, 2.24) is 5.32 Å². The van der Waals surface area contributed by atoms with Crippen LogP contribution < -0.4 is 5.32 Å². The summed E-state index contributed by atoms with van der Waals surface area (Å²) in [4.78, 5) is 11.7. The molecule has 0 bridgehead atoms. The number of halogens is 1. The second-order valence-electron chi connectivity index (χ2n) is 3.78. The van der Waals surface area contributed by atoms with E-state index < -0.39 is 0 Å². The molecule has 0 spiro atoms. The molecule has 1 aromatic rings. The first-order chi connectivity index (χ1) is 7.63. The lowest BCUT2D eigenvalue weighted by Gasteiger charge is -2.11. The Morgan fingerprint density at radius 1 is 1.44 bits per heavy atom. The molecule has 1 unspecified atom stereocenters. The van der Waals surface area contributed by atoms with Crippen molar-refractivity contribution in [1.29, 1.82) is 0 Å². The number of rotatable bonds is 5. The number of amides is 1. The zero-order valence-electron chi connectivity index (χ0n) is 9.50. The molecule has 0 aliphatic heterocycles. The third-order valence-electron chi connectivity index (χ3n) is 2.17. The molecular formula is C12H16BrNOS. The normalized spacial score (nSPS) is 12.2. The number of thioether (sulfide) groups is 1. The van der Waals surface area contributed by atoms with Crippen LogP contribution in [0.1, 0.15) is 17.3 Å². The fourth-order valence-electron chi connectivity index (χ4n) is 1.31. The summed E-state index contributed by atoms with van der Waals surface area (Å²) in [6, 6.07) is 7.39. The van der Waals surface area contributed by atoms with Gasteiger partial charge in [0.1, 0.15) is 0 Å². The van der Waals surface area contributed by atoms with Crippen molar-refractivity contribution in [2.75, 3.05) is 18.6 Å². The van der Waals surface area contributed by atoms with Crippen LogP contribution in [-0.4, -0.2) is 24.5 Å². The van der Waals surface area contributed by atoms with Crippen LogP contribution in [0.3, 0.4) is 0 Å².